The van der Waals surface area contributed by atoms with Gasteiger partial charge in [0, 0.05) is 6.20 Å². The number of aryl methyl sites for hydroxylation is 1. The second-order valence-electron chi connectivity index (χ2n) is 3.09. The van der Waals surface area contributed by atoms with Gasteiger partial charge < -0.3 is 5.32 Å². The molecule has 4 heteroatoms. The molecule has 1 N–H and O–H groups in total. The molecule has 1 aromatic heterocycles. The van der Waals surface area contributed by atoms with Gasteiger partial charge in [-0.05, 0) is 25.5 Å². The summed E-state index contributed by atoms with van der Waals surface area (Å²) in [6.07, 6.45) is 3.25. The largest absolute Gasteiger partial charge is 0.324 e. The number of rotatable bonds is 2. The molecule has 0 fully saturated rings. The maximum atomic E-state index is 11.3. The van der Waals surface area contributed by atoms with E-state index in [9.17, 15) is 4.79 Å². The van der Waals surface area contributed by atoms with Crippen molar-refractivity contribution in [2.75, 3.05) is 5.32 Å². The second kappa shape index (κ2) is 4.38. The van der Waals surface area contributed by atoms with Crippen molar-refractivity contribution in [3.8, 4) is 6.07 Å². The zero-order valence-corrected chi connectivity index (χ0v) is 8.11. The minimum Gasteiger partial charge on any atom is -0.324 e. The number of carbonyl (C=O) groups excluding carboxylic acids is 1. The lowest BCUT2D eigenvalue weighted by molar-refractivity contribution is -0.117. The summed E-state index contributed by atoms with van der Waals surface area (Å²) in [6, 6.07) is 3.67. The monoisotopic (exact) mass is 189 g/mol. The molecular formula is C10H11N3O. The first-order valence-electron chi connectivity index (χ1n) is 4.25. The number of amides is 1. The zero-order chi connectivity index (χ0) is 10.6. The van der Waals surface area contributed by atoms with E-state index in [1.165, 1.54) is 0 Å². The summed E-state index contributed by atoms with van der Waals surface area (Å²) in [5, 5.41) is 11.1. The second-order valence-corrected chi connectivity index (χ2v) is 3.09. The van der Waals surface area contributed by atoms with Crippen molar-refractivity contribution in [3.05, 3.63) is 24.0 Å². The van der Waals surface area contributed by atoms with Crippen molar-refractivity contribution < 1.29 is 4.79 Å². The number of hydrogen-bond donors (Lipinski definition) is 1. The van der Waals surface area contributed by atoms with Gasteiger partial charge in [-0.3, -0.25) is 9.78 Å². The van der Waals surface area contributed by atoms with E-state index in [4.69, 9.17) is 5.26 Å². The highest BCUT2D eigenvalue weighted by atomic mass is 16.1. The van der Waals surface area contributed by atoms with Gasteiger partial charge in [0.2, 0.25) is 5.91 Å². The molecule has 1 heterocycles. The van der Waals surface area contributed by atoms with Crippen LogP contribution in [0.15, 0.2) is 18.5 Å². The fourth-order valence-corrected chi connectivity index (χ4v) is 0.932. The van der Waals surface area contributed by atoms with E-state index >= 15 is 0 Å². The Morgan fingerprint density at radius 3 is 2.93 bits per heavy atom. The van der Waals surface area contributed by atoms with Crippen molar-refractivity contribution in [3.63, 3.8) is 0 Å². The molecule has 14 heavy (non-hydrogen) atoms. The Balaban J connectivity index is 2.71. The van der Waals surface area contributed by atoms with E-state index in [-0.39, 0.29) is 5.91 Å². The lowest BCUT2D eigenvalue weighted by Crippen LogP contribution is -2.19. The number of nitrogens with zero attached hydrogens (tertiary/aromatic N) is 2. The van der Waals surface area contributed by atoms with Crippen molar-refractivity contribution >= 4 is 11.6 Å². The lowest BCUT2D eigenvalue weighted by atomic mass is 10.2. The third kappa shape index (κ3) is 2.56. The van der Waals surface area contributed by atoms with E-state index in [1.54, 1.807) is 25.4 Å². The summed E-state index contributed by atoms with van der Waals surface area (Å²) >= 11 is 0. The summed E-state index contributed by atoms with van der Waals surface area (Å²) in [7, 11) is 0. The smallest absolute Gasteiger partial charge is 0.241 e. The van der Waals surface area contributed by atoms with Crippen molar-refractivity contribution in [1.82, 2.24) is 4.98 Å². The van der Waals surface area contributed by atoms with Gasteiger partial charge in [-0.25, -0.2) is 0 Å². The molecule has 0 aliphatic heterocycles. The number of hydrogen-bond acceptors (Lipinski definition) is 3. The molecule has 1 rings (SSSR count). The van der Waals surface area contributed by atoms with Crippen LogP contribution < -0.4 is 5.32 Å². The summed E-state index contributed by atoms with van der Waals surface area (Å²) in [5.41, 5.74) is 1.59. The molecule has 0 bridgehead atoms. The predicted octanol–water partition coefficient (Wildman–Crippen LogP) is 1.49. The van der Waals surface area contributed by atoms with Crippen molar-refractivity contribution in [1.29, 1.82) is 5.26 Å². The summed E-state index contributed by atoms with van der Waals surface area (Å²) < 4.78 is 0. The Morgan fingerprint density at radius 1 is 1.64 bits per heavy atom. The number of nitrogens with one attached hydrogen (secondary N) is 1. The lowest BCUT2D eigenvalue weighted by Gasteiger charge is -2.05. The van der Waals surface area contributed by atoms with E-state index in [2.05, 4.69) is 10.3 Å². The van der Waals surface area contributed by atoms with Crippen LogP contribution in [0.3, 0.4) is 0 Å². The molecule has 72 valence electrons. The van der Waals surface area contributed by atoms with Crippen LogP contribution in [-0.2, 0) is 4.79 Å². The third-order valence-corrected chi connectivity index (χ3v) is 1.73. The maximum Gasteiger partial charge on any atom is 0.241 e. The minimum absolute atomic E-state index is 0.306. The van der Waals surface area contributed by atoms with Gasteiger partial charge in [-0.15, -0.1) is 0 Å². The Hall–Kier alpha value is -1.89. The fourth-order valence-electron chi connectivity index (χ4n) is 0.932. The van der Waals surface area contributed by atoms with E-state index < -0.39 is 5.92 Å². The minimum atomic E-state index is -0.643. The molecule has 0 spiro atoms. The van der Waals surface area contributed by atoms with Gasteiger partial charge in [-0.1, -0.05) is 0 Å². The summed E-state index contributed by atoms with van der Waals surface area (Å²) in [4.78, 5) is 15.2. The quantitative estimate of drug-likeness (QED) is 0.766. The average molecular weight is 189 g/mol. The highest BCUT2D eigenvalue weighted by molar-refractivity contribution is 5.93. The molecule has 1 aromatic rings. The van der Waals surface area contributed by atoms with E-state index in [0.717, 1.165) is 5.56 Å². The Bertz CT molecular complexity index is 381. The standard InChI is InChI=1S/C10H11N3O/c1-7-3-9(6-12-5-7)13-10(14)8(2)4-11/h3,5-6,8H,1-2H3,(H,13,14). The first kappa shape index (κ1) is 10.2. The molecule has 4 nitrogen and oxygen atoms in total. The van der Waals surface area contributed by atoms with Gasteiger partial charge in [0.15, 0.2) is 0 Å². The van der Waals surface area contributed by atoms with Crippen LogP contribution in [0, 0.1) is 24.2 Å². The number of nitriles is 1. The van der Waals surface area contributed by atoms with Gasteiger partial charge in [0.25, 0.3) is 0 Å². The Labute approximate surface area is 82.6 Å². The predicted molar refractivity (Wildman–Crippen MR) is 52.4 cm³/mol. The molecule has 0 aromatic carbocycles. The SMILES string of the molecule is Cc1cncc(NC(=O)C(C)C#N)c1. The normalized spacial score (nSPS) is 11.5. The average Bonchev–Trinajstić information content (AvgIpc) is 2.16. The van der Waals surface area contributed by atoms with Crippen LogP contribution in [-0.4, -0.2) is 10.9 Å². The summed E-state index contributed by atoms with van der Waals surface area (Å²) in [5.74, 6) is -0.949. The van der Waals surface area contributed by atoms with Crippen LogP contribution in [0.2, 0.25) is 0 Å². The van der Waals surface area contributed by atoms with Crippen LogP contribution in [0.1, 0.15) is 12.5 Å². The molecule has 0 aliphatic carbocycles. The first-order valence-corrected chi connectivity index (χ1v) is 4.25. The summed E-state index contributed by atoms with van der Waals surface area (Å²) in [6.45, 7) is 3.44. The van der Waals surface area contributed by atoms with Crippen molar-refractivity contribution in [2.45, 2.75) is 13.8 Å². The molecule has 1 atom stereocenters. The topological polar surface area (TPSA) is 65.8 Å². The first-order chi connectivity index (χ1) is 6.63. The highest BCUT2D eigenvalue weighted by Crippen LogP contribution is 2.08. The van der Waals surface area contributed by atoms with E-state index in [0.29, 0.717) is 5.69 Å². The molecule has 1 amide bonds. The highest BCUT2D eigenvalue weighted by Gasteiger charge is 2.11. The number of pyridine rings is 1. The van der Waals surface area contributed by atoms with Crippen LogP contribution >= 0.6 is 0 Å². The van der Waals surface area contributed by atoms with Crippen LogP contribution in [0.5, 0.6) is 0 Å². The Kier molecular flexibility index (Phi) is 3.19. The van der Waals surface area contributed by atoms with Crippen molar-refractivity contribution in [2.24, 2.45) is 5.92 Å². The van der Waals surface area contributed by atoms with Gasteiger partial charge in [0.1, 0.15) is 5.92 Å². The van der Waals surface area contributed by atoms with Crippen LogP contribution in [0.25, 0.3) is 0 Å². The number of carbonyl (C=O) groups is 1. The molecule has 0 saturated carbocycles. The number of anilines is 1. The molecule has 0 aliphatic rings. The number of aromatic nitrogens is 1. The molecule has 0 radical (unpaired) electrons. The van der Waals surface area contributed by atoms with Gasteiger partial charge in [-0.2, -0.15) is 5.26 Å². The molecule has 0 saturated heterocycles. The van der Waals surface area contributed by atoms with Crippen LogP contribution in [0.4, 0.5) is 5.69 Å². The van der Waals surface area contributed by atoms with E-state index in [1.807, 2.05) is 13.0 Å². The zero-order valence-electron chi connectivity index (χ0n) is 8.11. The van der Waals surface area contributed by atoms with Gasteiger partial charge >= 0.3 is 0 Å². The molecule has 1 unspecified atom stereocenters. The maximum absolute atomic E-state index is 11.3. The molecular weight excluding hydrogens is 178 g/mol. The third-order valence-electron chi connectivity index (χ3n) is 1.73. The Morgan fingerprint density at radius 2 is 2.36 bits per heavy atom. The van der Waals surface area contributed by atoms with Gasteiger partial charge in [0.05, 0.1) is 18.0 Å². The fraction of sp³-hybridized carbons (Fsp3) is 0.300.